The van der Waals surface area contributed by atoms with Crippen LogP contribution in [0.5, 0.6) is 0 Å². The van der Waals surface area contributed by atoms with E-state index in [9.17, 15) is 4.79 Å². The lowest BCUT2D eigenvalue weighted by Gasteiger charge is -2.22. The molecule has 3 N–H and O–H groups in total. The monoisotopic (exact) mass is 278 g/mol. The Kier molecular flexibility index (Phi) is 2.95. The van der Waals surface area contributed by atoms with Crippen molar-refractivity contribution < 1.29 is 0 Å². The van der Waals surface area contributed by atoms with Gasteiger partial charge in [0.1, 0.15) is 0 Å². The quantitative estimate of drug-likeness (QED) is 0.881. The molecular weight excluding hydrogens is 264 g/mol. The second-order valence-electron chi connectivity index (χ2n) is 5.03. The summed E-state index contributed by atoms with van der Waals surface area (Å²) in [6.45, 7) is 0. The molecule has 1 fully saturated rings. The maximum Gasteiger partial charge on any atom is 0.347 e. The van der Waals surface area contributed by atoms with Gasteiger partial charge in [0, 0.05) is 5.02 Å². The normalized spacial score (nSPS) is 17.8. The predicted molar refractivity (Wildman–Crippen MR) is 73.5 cm³/mol. The molecule has 0 aliphatic heterocycles. The third kappa shape index (κ3) is 2.09. The molecule has 3 rings (SSSR count). The maximum absolute atomic E-state index is 12.0. The molecule has 6 heteroatoms. The number of rotatable bonds is 2. The molecule has 0 spiro atoms. The molecule has 0 atom stereocenters. The van der Waals surface area contributed by atoms with Gasteiger partial charge < -0.3 is 5.73 Å². The van der Waals surface area contributed by atoms with Crippen molar-refractivity contribution >= 4 is 11.6 Å². The van der Waals surface area contributed by atoms with Gasteiger partial charge in [0.05, 0.1) is 11.2 Å². The molecule has 0 amide bonds. The minimum atomic E-state index is -0.526. The first-order chi connectivity index (χ1) is 9.10. The van der Waals surface area contributed by atoms with Gasteiger partial charge in [-0.05, 0) is 31.0 Å². The first kappa shape index (κ1) is 12.4. The molecule has 1 aromatic heterocycles. The Hall–Kier alpha value is -1.59. The number of nitrogens with zero attached hydrogens (tertiary/aromatic N) is 2. The Balaban J connectivity index is 2.16. The lowest BCUT2D eigenvalue weighted by atomic mass is 9.98. The highest BCUT2D eigenvalue weighted by Crippen LogP contribution is 2.35. The Bertz CT molecular complexity index is 655. The number of benzene rings is 1. The Labute approximate surface area is 115 Å². The van der Waals surface area contributed by atoms with Crippen LogP contribution in [-0.4, -0.2) is 14.8 Å². The maximum atomic E-state index is 12.0. The number of hydrogen-bond acceptors (Lipinski definition) is 3. The first-order valence-corrected chi connectivity index (χ1v) is 6.71. The van der Waals surface area contributed by atoms with Crippen LogP contribution in [0.2, 0.25) is 5.02 Å². The summed E-state index contributed by atoms with van der Waals surface area (Å²) in [7, 11) is 0. The topological polar surface area (TPSA) is 76.7 Å². The number of halogens is 1. The largest absolute Gasteiger partial charge is 0.347 e. The average Bonchev–Trinajstić information content (AvgIpc) is 2.97. The highest BCUT2D eigenvalue weighted by Gasteiger charge is 2.36. The summed E-state index contributed by atoms with van der Waals surface area (Å²) in [5.74, 6) is 0.595. The summed E-state index contributed by atoms with van der Waals surface area (Å²) in [6.07, 6.45) is 3.82. The van der Waals surface area contributed by atoms with Crippen molar-refractivity contribution in [2.45, 2.75) is 31.2 Å². The second-order valence-corrected chi connectivity index (χ2v) is 5.47. The lowest BCUT2D eigenvalue weighted by molar-refractivity contribution is 0.423. The SMILES string of the molecule is NC1(c2n[nH]c(=O)n2-c2cccc(Cl)c2)CCCC1. The van der Waals surface area contributed by atoms with E-state index in [0.29, 0.717) is 16.5 Å². The minimum absolute atomic E-state index is 0.283. The van der Waals surface area contributed by atoms with Crippen LogP contribution in [0.1, 0.15) is 31.5 Å². The van der Waals surface area contributed by atoms with Gasteiger partial charge in [-0.1, -0.05) is 30.5 Å². The fraction of sp³-hybridized carbons (Fsp3) is 0.385. The lowest BCUT2D eigenvalue weighted by Crippen LogP contribution is -2.37. The number of aromatic amines is 1. The van der Waals surface area contributed by atoms with Gasteiger partial charge in [-0.25, -0.2) is 14.5 Å². The van der Waals surface area contributed by atoms with Gasteiger partial charge in [-0.3, -0.25) is 0 Å². The Morgan fingerprint density at radius 1 is 1.37 bits per heavy atom. The van der Waals surface area contributed by atoms with E-state index in [4.69, 9.17) is 17.3 Å². The number of aromatic nitrogens is 3. The molecule has 5 nitrogen and oxygen atoms in total. The number of H-pyrrole nitrogens is 1. The zero-order chi connectivity index (χ0) is 13.5. The van der Waals surface area contributed by atoms with Crippen molar-refractivity contribution in [1.82, 2.24) is 14.8 Å². The first-order valence-electron chi connectivity index (χ1n) is 6.33. The molecule has 2 aromatic rings. The van der Waals surface area contributed by atoms with E-state index < -0.39 is 5.54 Å². The Morgan fingerprint density at radius 2 is 2.11 bits per heavy atom. The summed E-state index contributed by atoms with van der Waals surface area (Å²) in [4.78, 5) is 12.0. The standard InChI is InChI=1S/C13H15ClN4O/c14-9-4-3-5-10(8-9)18-11(16-17-12(18)19)13(15)6-1-2-7-13/h3-5,8H,1-2,6-7,15H2,(H,17,19). The fourth-order valence-corrected chi connectivity index (χ4v) is 2.90. The fourth-order valence-electron chi connectivity index (χ4n) is 2.72. The van der Waals surface area contributed by atoms with Crippen LogP contribution in [0.15, 0.2) is 29.1 Å². The molecule has 0 unspecified atom stereocenters. The summed E-state index contributed by atoms with van der Waals surface area (Å²) in [5.41, 5.74) is 6.28. The predicted octanol–water partition coefficient (Wildman–Crippen LogP) is 1.94. The van der Waals surface area contributed by atoms with Crippen LogP contribution < -0.4 is 11.4 Å². The molecule has 100 valence electrons. The molecule has 0 radical (unpaired) electrons. The van der Waals surface area contributed by atoms with Gasteiger partial charge >= 0.3 is 5.69 Å². The van der Waals surface area contributed by atoms with E-state index in [0.717, 1.165) is 25.7 Å². The van der Waals surface area contributed by atoms with E-state index in [1.165, 1.54) is 4.57 Å². The van der Waals surface area contributed by atoms with Crippen molar-refractivity contribution in [3.05, 3.63) is 45.6 Å². The summed E-state index contributed by atoms with van der Waals surface area (Å²) < 4.78 is 1.52. The summed E-state index contributed by atoms with van der Waals surface area (Å²) in [5, 5.41) is 7.20. The molecule has 0 bridgehead atoms. The zero-order valence-electron chi connectivity index (χ0n) is 10.4. The van der Waals surface area contributed by atoms with E-state index in [1.54, 1.807) is 18.2 Å². The zero-order valence-corrected chi connectivity index (χ0v) is 11.2. The molecule has 19 heavy (non-hydrogen) atoms. The van der Waals surface area contributed by atoms with Gasteiger partial charge in [0.2, 0.25) is 0 Å². The van der Waals surface area contributed by atoms with E-state index in [2.05, 4.69) is 10.2 Å². The number of nitrogens with two attached hydrogens (primary N) is 1. The van der Waals surface area contributed by atoms with Crippen LogP contribution in [0.25, 0.3) is 5.69 Å². The molecule has 1 saturated carbocycles. The minimum Gasteiger partial charge on any atom is -0.319 e. The van der Waals surface area contributed by atoms with Crippen LogP contribution in [-0.2, 0) is 5.54 Å². The Morgan fingerprint density at radius 3 is 2.79 bits per heavy atom. The molecule has 1 aromatic carbocycles. The van der Waals surface area contributed by atoms with Gasteiger partial charge in [0.15, 0.2) is 5.82 Å². The highest BCUT2D eigenvalue weighted by molar-refractivity contribution is 6.30. The van der Waals surface area contributed by atoms with Crippen molar-refractivity contribution in [2.75, 3.05) is 0 Å². The summed E-state index contributed by atoms with van der Waals surface area (Å²) >= 11 is 5.98. The molecule has 1 aliphatic rings. The van der Waals surface area contributed by atoms with Crippen molar-refractivity contribution in [2.24, 2.45) is 5.73 Å². The highest BCUT2D eigenvalue weighted by atomic mass is 35.5. The van der Waals surface area contributed by atoms with E-state index in [-0.39, 0.29) is 5.69 Å². The third-order valence-corrected chi connectivity index (χ3v) is 3.91. The van der Waals surface area contributed by atoms with Gasteiger partial charge in [0.25, 0.3) is 0 Å². The van der Waals surface area contributed by atoms with Gasteiger partial charge in [-0.15, -0.1) is 0 Å². The van der Waals surface area contributed by atoms with Crippen LogP contribution in [0.4, 0.5) is 0 Å². The van der Waals surface area contributed by atoms with Gasteiger partial charge in [-0.2, -0.15) is 5.10 Å². The van der Waals surface area contributed by atoms with Crippen LogP contribution >= 0.6 is 11.6 Å². The van der Waals surface area contributed by atoms with Crippen molar-refractivity contribution in [3.8, 4) is 5.69 Å². The molecule has 0 saturated heterocycles. The van der Waals surface area contributed by atoms with Crippen molar-refractivity contribution in [1.29, 1.82) is 0 Å². The van der Waals surface area contributed by atoms with E-state index in [1.807, 2.05) is 6.07 Å². The molecular formula is C13H15ClN4O. The number of hydrogen-bond donors (Lipinski definition) is 2. The van der Waals surface area contributed by atoms with Crippen LogP contribution in [0.3, 0.4) is 0 Å². The molecule has 1 aliphatic carbocycles. The van der Waals surface area contributed by atoms with Crippen molar-refractivity contribution in [3.63, 3.8) is 0 Å². The second kappa shape index (κ2) is 4.51. The average molecular weight is 279 g/mol. The third-order valence-electron chi connectivity index (χ3n) is 3.68. The van der Waals surface area contributed by atoms with E-state index >= 15 is 0 Å². The van der Waals surface area contributed by atoms with Crippen LogP contribution in [0, 0.1) is 0 Å². The smallest absolute Gasteiger partial charge is 0.319 e. The summed E-state index contributed by atoms with van der Waals surface area (Å²) in [6, 6.07) is 7.13. The molecule has 1 heterocycles. The number of nitrogens with one attached hydrogen (secondary N) is 1.